The molecule has 0 bridgehead atoms. The average Bonchev–Trinajstić information content (AvgIpc) is 3.33. The van der Waals surface area contributed by atoms with Gasteiger partial charge in [0.15, 0.2) is 0 Å². The third-order valence-corrected chi connectivity index (χ3v) is 5.70. The number of halogens is 5. The van der Waals surface area contributed by atoms with Gasteiger partial charge in [-0.25, -0.2) is 18.1 Å². The molecule has 0 spiro atoms. The number of nitriles is 2. The summed E-state index contributed by atoms with van der Waals surface area (Å²) in [5, 5.41) is 26.1. The van der Waals surface area contributed by atoms with Crippen LogP contribution in [-0.2, 0) is 0 Å². The summed E-state index contributed by atoms with van der Waals surface area (Å²) in [5.74, 6) is -0.912. The number of hydrogen-bond acceptors (Lipinski definition) is 4. The van der Waals surface area contributed by atoms with Crippen LogP contribution in [0.2, 0.25) is 5.02 Å². The van der Waals surface area contributed by atoms with Crippen molar-refractivity contribution in [3.8, 4) is 23.5 Å². The fourth-order valence-corrected chi connectivity index (χ4v) is 3.35. The fraction of sp³-hybridized carbons (Fsp3) is 0. The van der Waals surface area contributed by atoms with E-state index in [0.29, 0.717) is 20.1 Å². The van der Waals surface area contributed by atoms with E-state index in [1.807, 2.05) is 34.7 Å². The van der Waals surface area contributed by atoms with Gasteiger partial charge in [0.1, 0.15) is 19.0 Å². The molecule has 0 amide bonds. The second-order valence-electron chi connectivity index (χ2n) is 5.92. The summed E-state index contributed by atoms with van der Waals surface area (Å²) in [6.45, 7) is 0. The van der Waals surface area contributed by atoms with Gasteiger partial charge in [0.2, 0.25) is 0 Å². The molecular weight excluding hydrogens is 652 g/mol. The maximum Gasteiger partial charge on any atom is 0.142 e. The number of nitrogens with zero attached hydrogens (tertiary/aromatic N) is 6. The molecule has 4 aromatic rings. The minimum atomic E-state index is -0.476. The largest absolute Gasteiger partial charge is 0.240 e. The molecule has 0 atom stereocenters. The summed E-state index contributed by atoms with van der Waals surface area (Å²) >= 11 is 9.88. The van der Waals surface area contributed by atoms with Gasteiger partial charge in [-0.1, -0.05) is 11.6 Å². The maximum atomic E-state index is 13.2. The van der Waals surface area contributed by atoms with Crippen molar-refractivity contribution >= 4 is 56.8 Å². The Morgan fingerprint density at radius 3 is 1.81 bits per heavy atom. The minimum Gasteiger partial charge on any atom is -0.240 e. The molecule has 0 saturated carbocycles. The normalized spacial score (nSPS) is 10.0. The van der Waals surface area contributed by atoms with E-state index in [4.69, 9.17) is 22.1 Å². The van der Waals surface area contributed by atoms with Crippen molar-refractivity contribution in [2.24, 2.45) is 0 Å². The highest BCUT2D eigenvalue weighted by Crippen LogP contribution is 2.20. The number of rotatable bonds is 2. The highest BCUT2D eigenvalue weighted by Gasteiger charge is 2.07. The van der Waals surface area contributed by atoms with Crippen molar-refractivity contribution in [1.29, 1.82) is 10.5 Å². The molecule has 2 aromatic heterocycles. The summed E-state index contributed by atoms with van der Waals surface area (Å²) in [6, 6.07) is 13.7. The first-order valence-electron chi connectivity index (χ1n) is 8.33. The van der Waals surface area contributed by atoms with Gasteiger partial charge in [-0.2, -0.15) is 20.7 Å². The molecule has 0 fully saturated rings. The van der Waals surface area contributed by atoms with Crippen molar-refractivity contribution in [1.82, 2.24) is 19.6 Å². The van der Waals surface area contributed by atoms with Crippen LogP contribution in [0, 0.1) is 41.7 Å². The van der Waals surface area contributed by atoms with Crippen LogP contribution in [0.3, 0.4) is 0 Å². The van der Waals surface area contributed by atoms with Gasteiger partial charge >= 0.3 is 0 Å². The van der Waals surface area contributed by atoms with E-state index < -0.39 is 11.6 Å². The topological polar surface area (TPSA) is 83.2 Å². The Bertz CT molecular complexity index is 1320. The van der Waals surface area contributed by atoms with Crippen LogP contribution in [0.5, 0.6) is 0 Å². The van der Waals surface area contributed by atoms with Gasteiger partial charge in [0.05, 0.1) is 45.9 Å². The van der Waals surface area contributed by atoms with E-state index in [9.17, 15) is 8.78 Å². The molecule has 0 N–H and O–H groups in total. The Labute approximate surface area is 207 Å². The number of hydrogen-bond donors (Lipinski definition) is 0. The summed E-state index contributed by atoms with van der Waals surface area (Å²) in [6.07, 6.45) is 3.29. The highest BCUT2D eigenvalue weighted by molar-refractivity contribution is 14.1. The van der Waals surface area contributed by atoms with E-state index in [1.54, 1.807) is 30.6 Å². The molecule has 0 radical (unpaired) electrons. The molecule has 11 heteroatoms. The molecule has 0 aliphatic rings. The minimum absolute atomic E-state index is 0.247. The van der Waals surface area contributed by atoms with E-state index in [2.05, 4.69) is 32.8 Å². The Kier molecular flexibility index (Phi) is 7.59. The monoisotopic (exact) mass is 660 g/mol. The molecule has 6 nitrogen and oxygen atoms in total. The number of benzene rings is 2. The highest BCUT2D eigenvalue weighted by atomic mass is 127. The molecule has 31 heavy (non-hydrogen) atoms. The Morgan fingerprint density at radius 1 is 0.839 bits per heavy atom. The predicted octanol–water partition coefficient (Wildman–Crippen LogP) is 5.63. The summed E-state index contributed by atoms with van der Waals surface area (Å²) in [5.41, 5.74) is 1.56. The van der Waals surface area contributed by atoms with Crippen LogP contribution in [0.15, 0.2) is 54.9 Å². The molecule has 2 heterocycles. The lowest BCUT2D eigenvalue weighted by molar-refractivity contribution is 0.624. The van der Waals surface area contributed by atoms with Gasteiger partial charge in [-0.05, 0) is 87.6 Å². The van der Waals surface area contributed by atoms with Crippen molar-refractivity contribution < 1.29 is 8.78 Å². The standard InChI is InChI=1S/C10H4ClFIN3.C10H5FIN3/c11-9-5-16(15-10(9)13)8-2-6(4-14)1-7(12)3-8;11-8-3-7(6-13)4-9(5-8)15-2-1-10(12)14-15/h1-3,5H;1-5H. The first-order valence-corrected chi connectivity index (χ1v) is 10.9. The first-order chi connectivity index (χ1) is 14.8. The van der Waals surface area contributed by atoms with Crippen LogP contribution in [0.1, 0.15) is 11.1 Å². The molecule has 0 aliphatic heterocycles. The van der Waals surface area contributed by atoms with Gasteiger partial charge in [-0.15, -0.1) is 0 Å². The maximum absolute atomic E-state index is 13.2. The smallest absolute Gasteiger partial charge is 0.142 e. The zero-order chi connectivity index (χ0) is 22.5. The van der Waals surface area contributed by atoms with E-state index in [0.717, 1.165) is 3.70 Å². The second-order valence-corrected chi connectivity index (χ2v) is 8.45. The van der Waals surface area contributed by atoms with Crippen molar-refractivity contribution in [2.45, 2.75) is 0 Å². The first kappa shape index (κ1) is 23.1. The lowest BCUT2D eigenvalue weighted by atomic mass is 10.2. The zero-order valence-electron chi connectivity index (χ0n) is 15.3. The van der Waals surface area contributed by atoms with E-state index >= 15 is 0 Å². The number of aromatic nitrogens is 4. The Hall–Kier alpha value is -2.55. The van der Waals surface area contributed by atoms with Crippen molar-refractivity contribution in [3.05, 3.63) is 90.0 Å². The van der Waals surface area contributed by atoms with Gasteiger partial charge < -0.3 is 0 Å². The SMILES string of the molecule is N#Cc1cc(F)cc(-n2cc(Cl)c(I)n2)c1.N#Cc1cc(F)cc(-n2ccc(I)n2)c1. The predicted molar refractivity (Wildman–Crippen MR) is 127 cm³/mol. The van der Waals surface area contributed by atoms with Crippen molar-refractivity contribution in [2.75, 3.05) is 0 Å². The van der Waals surface area contributed by atoms with Crippen LogP contribution >= 0.6 is 56.8 Å². The van der Waals surface area contributed by atoms with E-state index in [-0.39, 0.29) is 11.1 Å². The molecular formula is C20H9ClF2I2N6. The summed E-state index contributed by atoms with van der Waals surface area (Å²) in [7, 11) is 0. The quantitative estimate of drug-likeness (QED) is 0.261. The van der Waals surface area contributed by atoms with Crippen LogP contribution in [0.25, 0.3) is 11.4 Å². The third-order valence-electron chi connectivity index (χ3n) is 3.74. The van der Waals surface area contributed by atoms with Crippen LogP contribution in [0.4, 0.5) is 8.78 Å². The molecule has 2 aromatic carbocycles. The van der Waals surface area contributed by atoms with E-state index in [1.165, 1.54) is 33.6 Å². The lowest BCUT2D eigenvalue weighted by Crippen LogP contribution is -1.96. The molecule has 154 valence electrons. The Balaban J connectivity index is 0.000000176. The average molecular weight is 661 g/mol. The summed E-state index contributed by atoms with van der Waals surface area (Å²) in [4.78, 5) is 0. The molecule has 0 aliphatic carbocycles. The van der Waals surface area contributed by atoms with Crippen LogP contribution in [-0.4, -0.2) is 19.6 Å². The van der Waals surface area contributed by atoms with Gasteiger partial charge in [-0.3, -0.25) is 0 Å². The molecule has 0 unspecified atom stereocenters. The lowest BCUT2D eigenvalue weighted by Gasteiger charge is -2.01. The zero-order valence-corrected chi connectivity index (χ0v) is 20.3. The van der Waals surface area contributed by atoms with Crippen LogP contribution < -0.4 is 0 Å². The fourth-order valence-electron chi connectivity index (χ4n) is 2.45. The molecule has 4 rings (SSSR count). The Morgan fingerprint density at radius 2 is 1.39 bits per heavy atom. The van der Waals surface area contributed by atoms with Gasteiger partial charge in [0.25, 0.3) is 0 Å². The van der Waals surface area contributed by atoms with Gasteiger partial charge in [0, 0.05) is 6.20 Å². The summed E-state index contributed by atoms with van der Waals surface area (Å²) < 4.78 is 30.7. The van der Waals surface area contributed by atoms with Crippen molar-refractivity contribution in [3.63, 3.8) is 0 Å². The second kappa shape index (κ2) is 10.2. The molecule has 0 saturated heterocycles. The third kappa shape index (κ3) is 6.00.